The number of ketones is 1. The second kappa shape index (κ2) is 6.76. The Morgan fingerprint density at radius 1 is 0.773 bits per heavy atom. The van der Waals surface area contributed by atoms with Crippen LogP contribution in [-0.2, 0) is 4.79 Å². The van der Waals surface area contributed by atoms with Crippen LogP contribution < -0.4 is 0 Å². The molecule has 1 nitrogen and oxygen atoms in total. The molecule has 1 aliphatic rings. The molecule has 0 bridgehead atoms. The van der Waals surface area contributed by atoms with Gasteiger partial charge in [0, 0.05) is 16.2 Å². The van der Waals surface area contributed by atoms with Crippen molar-refractivity contribution >= 4 is 29.5 Å². The zero-order valence-electron chi connectivity index (χ0n) is 12.3. The van der Waals surface area contributed by atoms with Gasteiger partial charge in [-0.3, -0.25) is 4.79 Å². The quantitative estimate of drug-likeness (QED) is 0.664. The van der Waals surface area contributed by atoms with Gasteiger partial charge in [-0.1, -0.05) is 54.1 Å². The minimum absolute atomic E-state index is 0.171. The highest BCUT2D eigenvalue weighted by Gasteiger charge is 2.20. The van der Waals surface area contributed by atoms with Gasteiger partial charge in [0.25, 0.3) is 0 Å². The van der Waals surface area contributed by atoms with Gasteiger partial charge in [-0.25, -0.2) is 0 Å². The highest BCUT2D eigenvalue weighted by molar-refractivity contribution is 6.30. The molecule has 3 rings (SSSR count). The minimum atomic E-state index is 0.171. The van der Waals surface area contributed by atoms with Crippen LogP contribution in [0.3, 0.4) is 0 Å². The summed E-state index contributed by atoms with van der Waals surface area (Å²) in [5.74, 6) is 0.171. The summed E-state index contributed by atoms with van der Waals surface area (Å²) in [6.45, 7) is 0. The third-order valence-electron chi connectivity index (χ3n) is 3.83. The summed E-state index contributed by atoms with van der Waals surface area (Å²) in [7, 11) is 0. The maximum atomic E-state index is 12.6. The number of Topliss-reactive ketones (excluding diaryl/α,β-unsaturated/α-hetero) is 1. The van der Waals surface area contributed by atoms with Crippen LogP contribution in [0.4, 0.5) is 0 Å². The fraction of sp³-hybridized carbons (Fsp3) is 0.150. The molecule has 1 aliphatic carbocycles. The summed E-state index contributed by atoms with van der Waals surface area (Å²) in [5.41, 5.74) is 3.89. The zero-order chi connectivity index (χ0) is 15.4. The molecule has 0 aliphatic heterocycles. The molecule has 2 heteroatoms. The molecule has 0 unspecified atom stereocenters. The van der Waals surface area contributed by atoms with E-state index >= 15 is 0 Å². The Labute approximate surface area is 135 Å². The molecule has 0 aromatic heterocycles. The van der Waals surface area contributed by atoms with Crippen LogP contribution in [0.5, 0.6) is 0 Å². The first kappa shape index (κ1) is 14.8. The number of allylic oxidation sites excluding steroid dienone is 2. The molecular formula is C20H17ClO. The van der Waals surface area contributed by atoms with E-state index in [0.29, 0.717) is 5.02 Å². The molecule has 0 atom stereocenters. The Balaban J connectivity index is 1.87. The molecule has 1 saturated carbocycles. The fourth-order valence-corrected chi connectivity index (χ4v) is 2.81. The number of hydrogen-bond donors (Lipinski definition) is 0. The van der Waals surface area contributed by atoms with Crippen molar-refractivity contribution in [2.24, 2.45) is 0 Å². The zero-order valence-corrected chi connectivity index (χ0v) is 13.0. The summed E-state index contributed by atoms with van der Waals surface area (Å²) < 4.78 is 0. The molecule has 0 spiro atoms. The second-order valence-electron chi connectivity index (χ2n) is 5.48. The van der Waals surface area contributed by atoms with Crippen LogP contribution in [0.1, 0.15) is 30.4 Å². The first-order chi connectivity index (χ1) is 10.7. The standard InChI is InChI=1S/C20H17ClO/c21-19-11-9-16(10-12-19)14-18-8-4-7-17(20(18)22)13-15-5-2-1-3-6-15/h1-3,5-6,9-14H,4,7-8H2. The normalized spacial score (nSPS) is 18.9. The van der Waals surface area contributed by atoms with Gasteiger partial charge < -0.3 is 0 Å². The van der Waals surface area contributed by atoms with E-state index < -0.39 is 0 Å². The molecular weight excluding hydrogens is 292 g/mol. The lowest BCUT2D eigenvalue weighted by Crippen LogP contribution is -2.12. The SMILES string of the molecule is O=C1C(=Cc2ccccc2)CCCC1=Cc1ccc(Cl)cc1. The number of carbonyl (C=O) groups excluding carboxylic acids is 1. The van der Waals surface area contributed by atoms with Gasteiger partial charge in [0.05, 0.1) is 0 Å². The lowest BCUT2D eigenvalue weighted by molar-refractivity contribution is -0.112. The minimum Gasteiger partial charge on any atom is -0.289 e. The van der Waals surface area contributed by atoms with Crippen molar-refractivity contribution in [3.63, 3.8) is 0 Å². The average molecular weight is 309 g/mol. The van der Waals surface area contributed by atoms with Gasteiger partial charge >= 0.3 is 0 Å². The summed E-state index contributed by atoms with van der Waals surface area (Å²) >= 11 is 5.90. The van der Waals surface area contributed by atoms with Crippen LogP contribution >= 0.6 is 11.6 Å². The van der Waals surface area contributed by atoms with Gasteiger partial charge in [-0.15, -0.1) is 0 Å². The third kappa shape index (κ3) is 3.55. The largest absolute Gasteiger partial charge is 0.289 e. The summed E-state index contributed by atoms with van der Waals surface area (Å²) in [4.78, 5) is 12.6. The summed E-state index contributed by atoms with van der Waals surface area (Å²) in [6, 6.07) is 17.6. The smallest absolute Gasteiger partial charge is 0.185 e. The third-order valence-corrected chi connectivity index (χ3v) is 4.08. The van der Waals surface area contributed by atoms with Gasteiger partial charge in [0.15, 0.2) is 5.78 Å². The van der Waals surface area contributed by atoms with E-state index in [1.807, 2.05) is 66.7 Å². The fourth-order valence-electron chi connectivity index (χ4n) is 2.69. The van der Waals surface area contributed by atoms with E-state index in [2.05, 4.69) is 0 Å². The maximum Gasteiger partial charge on any atom is 0.185 e. The number of halogens is 1. The van der Waals surface area contributed by atoms with Gasteiger partial charge in [0.1, 0.15) is 0 Å². The molecule has 0 heterocycles. The van der Waals surface area contributed by atoms with Crippen molar-refractivity contribution in [2.75, 3.05) is 0 Å². The Morgan fingerprint density at radius 3 is 1.91 bits per heavy atom. The van der Waals surface area contributed by atoms with Crippen LogP contribution in [0, 0.1) is 0 Å². The van der Waals surface area contributed by atoms with Crippen LogP contribution in [0.25, 0.3) is 12.2 Å². The van der Waals surface area contributed by atoms with E-state index in [4.69, 9.17) is 11.6 Å². The van der Waals surface area contributed by atoms with Crippen molar-refractivity contribution in [1.82, 2.24) is 0 Å². The first-order valence-electron chi connectivity index (χ1n) is 7.49. The maximum absolute atomic E-state index is 12.6. The number of hydrogen-bond acceptors (Lipinski definition) is 1. The molecule has 2 aromatic carbocycles. The Bertz CT molecular complexity index is 724. The molecule has 0 radical (unpaired) electrons. The number of benzene rings is 2. The number of carbonyl (C=O) groups is 1. The lowest BCUT2D eigenvalue weighted by atomic mass is 9.87. The van der Waals surface area contributed by atoms with Crippen LogP contribution in [0.15, 0.2) is 65.7 Å². The van der Waals surface area contributed by atoms with E-state index in [9.17, 15) is 4.79 Å². The van der Waals surface area contributed by atoms with Gasteiger partial charge in [0.2, 0.25) is 0 Å². The Morgan fingerprint density at radius 2 is 1.32 bits per heavy atom. The molecule has 0 amide bonds. The Hall–Kier alpha value is -2.12. The van der Waals surface area contributed by atoms with E-state index in [-0.39, 0.29) is 5.78 Å². The lowest BCUT2D eigenvalue weighted by Gasteiger charge is -2.16. The molecule has 110 valence electrons. The van der Waals surface area contributed by atoms with Crippen LogP contribution in [-0.4, -0.2) is 5.78 Å². The monoisotopic (exact) mass is 308 g/mol. The van der Waals surface area contributed by atoms with E-state index in [1.54, 1.807) is 0 Å². The predicted molar refractivity (Wildman–Crippen MR) is 92.7 cm³/mol. The highest BCUT2D eigenvalue weighted by Crippen LogP contribution is 2.28. The predicted octanol–water partition coefficient (Wildman–Crippen LogP) is 5.56. The molecule has 22 heavy (non-hydrogen) atoms. The van der Waals surface area contributed by atoms with Gasteiger partial charge in [-0.05, 0) is 54.7 Å². The van der Waals surface area contributed by atoms with Crippen molar-refractivity contribution in [1.29, 1.82) is 0 Å². The van der Waals surface area contributed by atoms with Crippen molar-refractivity contribution in [2.45, 2.75) is 19.3 Å². The van der Waals surface area contributed by atoms with E-state index in [1.165, 1.54) is 0 Å². The molecule has 1 fully saturated rings. The second-order valence-corrected chi connectivity index (χ2v) is 5.92. The molecule has 2 aromatic rings. The first-order valence-corrected chi connectivity index (χ1v) is 7.86. The van der Waals surface area contributed by atoms with Crippen molar-refractivity contribution in [3.05, 3.63) is 81.9 Å². The molecule has 0 N–H and O–H groups in total. The number of rotatable bonds is 2. The van der Waals surface area contributed by atoms with Gasteiger partial charge in [-0.2, -0.15) is 0 Å². The van der Waals surface area contributed by atoms with E-state index in [0.717, 1.165) is 41.5 Å². The van der Waals surface area contributed by atoms with Crippen LogP contribution in [0.2, 0.25) is 5.02 Å². The van der Waals surface area contributed by atoms with Crippen molar-refractivity contribution in [3.8, 4) is 0 Å². The summed E-state index contributed by atoms with van der Waals surface area (Å²) in [6.07, 6.45) is 6.71. The Kier molecular flexibility index (Phi) is 4.55. The average Bonchev–Trinajstić information content (AvgIpc) is 2.54. The molecule has 0 saturated heterocycles. The topological polar surface area (TPSA) is 17.1 Å². The highest BCUT2D eigenvalue weighted by atomic mass is 35.5. The summed E-state index contributed by atoms with van der Waals surface area (Å²) in [5, 5.41) is 0.710. The van der Waals surface area contributed by atoms with Crippen molar-refractivity contribution < 1.29 is 4.79 Å².